The minimum absolute atomic E-state index is 0.0123. The fourth-order valence-electron chi connectivity index (χ4n) is 3.90. The van der Waals surface area contributed by atoms with E-state index in [9.17, 15) is 13.2 Å². The van der Waals surface area contributed by atoms with Crippen LogP contribution in [0.2, 0.25) is 0 Å². The standard InChI is InChI=1S/C21H29N3O3S/c1-3-10-22(11-4-2)17-21(25)23-12-14-24(15-13-23)28(26,27)20-9-8-18-6-5-7-19(18)16-20/h3-4,8-9,16H,1-2,5-7,10-15,17H2. The molecule has 1 heterocycles. The molecule has 1 aliphatic heterocycles. The van der Waals surface area contributed by atoms with Gasteiger partial charge in [0.2, 0.25) is 15.9 Å². The minimum atomic E-state index is -3.51. The van der Waals surface area contributed by atoms with Crippen molar-refractivity contribution in [3.63, 3.8) is 0 Å². The number of sulfonamides is 1. The van der Waals surface area contributed by atoms with Gasteiger partial charge in [0.15, 0.2) is 0 Å². The number of amides is 1. The van der Waals surface area contributed by atoms with Crippen LogP contribution in [0.3, 0.4) is 0 Å². The fraction of sp³-hybridized carbons (Fsp3) is 0.476. The first-order valence-electron chi connectivity index (χ1n) is 9.79. The summed E-state index contributed by atoms with van der Waals surface area (Å²) in [6.45, 7) is 10.4. The highest BCUT2D eigenvalue weighted by molar-refractivity contribution is 7.89. The fourth-order valence-corrected chi connectivity index (χ4v) is 5.37. The molecular formula is C21H29N3O3S. The molecule has 1 aliphatic carbocycles. The van der Waals surface area contributed by atoms with Gasteiger partial charge in [-0.05, 0) is 42.5 Å². The third-order valence-electron chi connectivity index (χ3n) is 5.43. The van der Waals surface area contributed by atoms with Crippen LogP contribution in [0.15, 0.2) is 48.4 Å². The number of piperazine rings is 1. The smallest absolute Gasteiger partial charge is 0.243 e. The van der Waals surface area contributed by atoms with Crippen molar-refractivity contribution in [1.82, 2.24) is 14.1 Å². The molecule has 0 radical (unpaired) electrons. The average Bonchev–Trinajstić information content (AvgIpc) is 3.16. The first kappa shape index (κ1) is 20.8. The van der Waals surface area contributed by atoms with E-state index in [-0.39, 0.29) is 12.5 Å². The van der Waals surface area contributed by atoms with E-state index in [0.717, 1.165) is 24.8 Å². The first-order valence-corrected chi connectivity index (χ1v) is 11.2. The number of hydrogen-bond acceptors (Lipinski definition) is 4. The van der Waals surface area contributed by atoms with Crippen molar-refractivity contribution in [3.8, 4) is 0 Å². The maximum atomic E-state index is 13.0. The summed E-state index contributed by atoms with van der Waals surface area (Å²) in [5.74, 6) is 0.0123. The van der Waals surface area contributed by atoms with Crippen molar-refractivity contribution in [3.05, 3.63) is 54.6 Å². The molecule has 1 saturated heterocycles. The van der Waals surface area contributed by atoms with E-state index in [1.165, 1.54) is 9.87 Å². The molecule has 3 rings (SSSR count). The lowest BCUT2D eigenvalue weighted by molar-refractivity contribution is -0.133. The molecule has 0 N–H and O–H groups in total. The SMILES string of the molecule is C=CCN(CC=C)CC(=O)N1CCN(S(=O)(=O)c2ccc3c(c2)CCC3)CC1. The van der Waals surface area contributed by atoms with E-state index in [1.807, 2.05) is 17.0 Å². The summed E-state index contributed by atoms with van der Waals surface area (Å²) in [6.07, 6.45) is 6.60. The van der Waals surface area contributed by atoms with Gasteiger partial charge in [-0.25, -0.2) is 8.42 Å². The molecule has 0 atom stereocenters. The molecule has 0 aromatic heterocycles. The second kappa shape index (κ2) is 9.03. The Labute approximate surface area is 168 Å². The summed E-state index contributed by atoms with van der Waals surface area (Å²) in [5.41, 5.74) is 2.41. The third-order valence-corrected chi connectivity index (χ3v) is 7.33. The Hall–Kier alpha value is -1.96. The molecule has 0 unspecified atom stereocenters. The van der Waals surface area contributed by atoms with E-state index in [4.69, 9.17) is 0 Å². The van der Waals surface area contributed by atoms with Crippen molar-refractivity contribution in [1.29, 1.82) is 0 Å². The van der Waals surface area contributed by atoms with Gasteiger partial charge in [0.25, 0.3) is 0 Å². The number of aryl methyl sites for hydroxylation is 2. The normalized spacial score (nSPS) is 17.5. The monoisotopic (exact) mass is 403 g/mol. The Balaban J connectivity index is 1.60. The summed E-state index contributed by atoms with van der Waals surface area (Å²) in [5, 5.41) is 0. The second-order valence-electron chi connectivity index (χ2n) is 7.34. The topological polar surface area (TPSA) is 60.9 Å². The molecule has 7 heteroatoms. The number of rotatable bonds is 8. The highest BCUT2D eigenvalue weighted by atomic mass is 32.2. The molecule has 152 valence electrons. The number of fused-ring (bicyclic) bond motifs is 1. The molecule has 0 saturated carbocycles. The summed E-state index contributed by atoms with van der Waals surface area (Å²) in [7, 11) is -3.51. The number of nitrogens with zero attached hydrogens (tertiary/aromatic N) is 3. The van der Waals surface area contributed by atoms with Gasteiger partial charge in [-0.2, -0.15) is 4.31 Å². The molecule has 6 nitrogen and oxygen atoms in total. The van der Waals surface area contributed by atoms with E-state index in [2.05, 4.69) is 13.2 Å². The lowest BCUT2D eigenvalue weighted by Gasteiger charge is -2.35. The zero-order valence-corrected chi connectivity index (χ0v) is 17.2. The molecule has 0 bridgehead atoms. The van der Waals surface area contributed by atoms with Crippen molar-refractivity contribution in [2.24, 2.45) is 0 Å². The molecule has 1 aromatic carbocycles. The summed E-state index contributed by atoms with van der Waals surface area (Å²) in [4.78, 5) is 16.6. The van der Waals surface area contributed by atoms with Crippen LogP contribution in [-0.4, -0.2) is 74.2 Å². The maximum absolute atomic E-state index is 13.0. The van der Waals surface area contributed by atoms with Gasteiger partial charge in [-0.3, -0.25) is 9.69 Å². The van der Waals surface area contributed by atoms with E-state index in [1.54, 1.807) is 23.1 Å². The zero-order valence-electron chi connectivity index (χ0n) is 16.3. The van der Waals surface area contributed by atoms with Crippen LogP contribution >= 0.6 is 0 Å². The second-order valence-corrected chi connectivity index (χ2v) is 9.28. The van der Waals surface area contributed by atoms with Gasteiger partial charge in [0.05, 0.1) is 11.4 Å². The Morgan fingerprint density at radius 3 is 2.32 bits per heavy atom. The van der Waals surface area contributed by atoms with Crippen LogP contribution in [0.4, 0.5) is 0 Å². The lowest BCUT2D eigenvalue weighted by Crippen LogP contribution is -2.52. The average molecular weight is 404 g/mol. The Morgan fingerprint density at radius 1 is 1.04 bits per heavy atom. The summed E-state index contributed by atoms with van der Waals surface area (Å²) < 4.78 is 27.5. The largest absolute Gasteiger partial charge is 0.339 e. The number of benzene rings is 1. The van der Waals surface area contributed by atoms with E-state index < -0.39 is 10.0 Å². The van der Waals surface area contributed by atoms with Gasteiger partial charge in [-0.15, -0.1) is 13.2 Å². The van der Waals surface area contributed by atoms with Crippen molar-refractivity contribution in [2.45, 2.75) is 24.2 Å². The molecule has 1 amide bonds. The van der Waals surface area contributed by atoms with Gasteiger partial charge in [0, 0.05) is 39.3 Å². The van der Waals surface area contributed by atoms with Crippen LogP contribution < -0.4 is 0 Å². The minimum Gasteiger partial charge on any atom is -0.339 e. The first-order chi connectivity index (χ1) is 13.5. The number of carbonyl (C=O) groups is 1. The Bertz CT molecular complexity index is 832. The Morgan fingerprint density at radius 2 is 1.68 bits per heavy atom. The zero-order chi connectivity index (χ0) is 20.1. The van der Waals surface area contributed by atoms with Gasteiger partial charge < -0.3 is 4.90 Å². The summed E-state index contributed by atoms with van der Waals surface area (Å²) in [6, 6.07) is 5.50. The number of carbonyl (C=O) groups excluding carboxylic acids is 1. The van der Waals surface area contributed by atoms with Crippen LogP contribution in [-0.2, 0) is 27.7 Å². The van der Waals surface area contributed by atoms with Crippen LogP contribution in [0.1, 0.15) is 17.5 Å². The van der Waals surface area contributed by atoms with Crippen molar-refractivity contribution < 1.29 is 13.2 Å². The molecular weight excluding hydrogens is 374 g/mol. The van der Waals surface area contributed by atoms with Crippen molar-refractivity contribution >= 4 is 15.9 Å². The predicted octanol–water partition coefficient (Wildman–Crippen LogP) is 1.68. The van der Waals surface area contributed by atoms with E-state index in [0.29, 0.717) is 44.2 Å². The van der Waals surface area contributed by atoms with Crippen LogP contribution in [0.25, 0.3) is 0 Å². The van der Waals surface area contributed by atoms with Gasteiger partial charge in [0.1, 0.15) is 0 Å². The Kier molecular flexibility index (Phi) is 6.69. The van der Waals surface area contributed by atoms with Crippen molar-refractivity contribution in [2.75, 3.05) is 45.8 Å². The molecule has 28 heavy (non-hydrogen) atoms. The third kappa shape index (κ3) is 4.54. The molecule has 1 fully saturated rings. The van der Waals surface area contributed by atoms with Gasteiger partial charge >= 0.3 is 0 Å². The maximum Gasteiger partial charge on any atom is 0.243 e. The van der Waals surface area contributed by atoms with Crippen LogP contribution in [0.5, 0.6) is 0 Å². The molecule has 1 aromatic rings. The van der Waals surface area contributed by atoms with Crippen LogP contribution in [0, 0.1) is 0 Å². The van der Waals surface area contributed by atoms with E-state index >= 15 is 0 Å². The quantitative estimate of drug-likeness (QED) is 0.620. The lowest BCUT2D eigenvalue weighted by atomic mass is 10.1. The highest BCUT2D eigenvalue weighted by Crippen LogP contribution is 2.26. The molecule has 2 aliphatic rings. The van der Waals surface area contributed by atoms with Gasteiger partial charge in [-0.1, -0.05) is 18.2 Å². The number of hydrogen-bond donors (Lipinski definition) is 0. The predicted molar refractivity (Wildman–Crippen MR) is 111 cm³/mol. The molecule has 0 spiro atoms. The highest BCUT2D eigenvalue weighted by Gasteiger charge is 2.31. The summed E-state index contributed by atoms with van der Waals surface area (Å²) >= 11 is 0.